The molecule has 1 aliphatic heterocycles. The monoisotopic (exact) mass is 296 g/mol. The van der Waals surface area contributed by atoms with Crippen molar-refractivity contribution in [2.75, 3.05) is 26.2 Å². The third-order valence-corrected chi connectivity index (χ3v) is 6.03. The normalized spacial score (nSPS) is 19.1. The van der Waals surface area contributed by atoms with E-state index in [1.165, 1.54) is 5.56 Å². The lowest BCUT2D eigenvalue weighted by Crippen LogP contribution is -2.39. The first-order valence-electron chi connectivity index (χ1n) is 7.25. The second kappa shape index (κ2) is 6.70. The first kappa shape index (κ1) is 15.5. The Kier molecular flexibility index (Phi) is 5.18. The van der Waals surface area contributed by atoms with Gasteiger partial charge in [0.15, 0.2) is 0 Å². The quantitative estimate of drug-likeness (QED) is 0.852. The van der Waals surface area contributed by atoms with E-state index in [-0.39, 0.29) is 5.25 Å². The lowest BCUT2D eigenvalue weighted by Gasteiger charge is -2.23. The number of rotatable bonds is 4. The topological polar surface area (TPSA) is 40.6 Å². The van der Waals surface area contributed by atoms with Crippen LogP contribution in [0.1, 0.15) is 25.8 Å². The van der Waals surface area contributed by atoms with Gasteiger partial charge in [0.1, 0.15) is 0 Å². The largest absolute Gasteiger partial charge is 0.298 e. The third kappa shape index (κ3) is 3.81. The van der Waals surface area contributed by atoms with Crippen molar-refractivity contribution in [1.82, 2.24) is 9.21 Å². The Morgan fingerprint density at radius 2 is 1.75 bits per heavy atom. The third-order valence-electron chi connectivity index (χ3n) is 3.75. The summed E-state index contributed by atoms with van der Waals surface area (Å²) in [4.78, 5) is 2.34. The van der Waals surface area contributed by atoms with Gasteiger partial charge < -0.3 is 0 Å². The molecular weight excluding hydrogens is 272 g/mol. The first-order chi connectivity index (χ1) is 9.50. The molecule has 1 aliphatic rings. The van der Waals surface area contributed by atoms with Crippen molar-refractivity contribution in [3.05, 3.63) is 35.9 Å². The van der Waals surface area contributed by atoms with Crippen molar-refractivity contribution >= 4 is 10.0 Å². The maximum atomic E-state index is 12.2. The summed E-state index contributed by atoms with van der Waals surface area (Å²) in [5.74, 6) is 0. The van der Waals surface area contributed by atoms with Gasteiger partial charge in [-0.3, -0.25) is 4.90 Å². The SMILES string of the molecule is CC(C)S(=O)(=O)N1CCCN(Cc2ccccc2)CC1. The van der Waals surface area contributed by atoms with Crippen molar-refractivity contribution < 1.29 is 8.42 Å². The number of nitrogens with zero attached hydrogens (tertiary/aromatic N) is 2. The summed E-state index contributed by atoms with van der Waals surface area (Å²) in [7, 11) is -3.11. The molecule has 2 rings (SSSR count). The molecule has 0 N–H and O–H groups in total. The molecule has 0 aromatic heterocycles. The van der Waals surface area contributed by atoms with E-state index in [1.54, 1.807) is 18.2 Å². The molecule has 0 unspecified atom stereocenters. The zero-order valence-corrected chi connectivity index (χ0v) is 13.1. The van der Waals surface area contributed by atoms with E-state index < -0.39 is 10.0 Å². The van der Waals surface area contributed by atoms with Crippen LogP contribution in [0.25, 0.3) is 0 Å². The molecule has 0 aliphatic carbocycles. The molecule has 0 saturated carbocycles. The maximum absolute atomic E-state index is 12.2. The van der Waals surface area contributed by atoms with E-state index in [9.17, 15) is 8.42 Å². The van der Waals surface area contributed by atoms with Crippen molar-refractivity contribution in [1.29, 1.82) is 0 Å². The fraction of sp³-hybridized carbons (Fsp3) is 0.600. The Morgan fingerprint density at radius 3 is 2.40 bits per heavy atom. The van der Waals surface area contributed by atoms with E-state index in [2.05, 4.69) is 17.0 Å². The zero-order chi connectivity index (χ0) is 14.6. The minimum atomic E-state index is -3.11. The summed E-state index contributed by atoms with van der Waals surface area (Å²) in [6, 6.07) is 10.3. The van der Waals surface area contributed by atoms with Crippen molar-refractivity contribution in [2.24, 2.45) is 0 Å². The molecule has 20 heavy (non-hydrogen) atoms. The van der Waals surface area contributed by atoms with Crippen LogP contribution in [0.5, 0.6) is 0 Å². The van der Waals surface area contributed by atoms with Crippen LogP contribution in [-0.2, 0) is 16.6 Å². The highest BCUT2D eigenvalue weighted by Gasteiger charge is 2.27. The van der Waals surface area contributed by atoms with Gasteiger partial charge in [0.05, 0.1) is 5.25 Å². The molecule has 1 aromatic rings. The molecule has 1 aromatic carbocycles. The molecule has 1 heterocycles. The van der Waals surface area contributed by atoms with Gasteiger partial charge in [-0.2, -0.15) is 0 Å². The zero-order valence-electron chi connectivity index (χ0n) is 12.3. The van der Waals surface area contributed by atoms with E-state index in [0.29, 0.717) is 13.1 Å². The highest BCUT2D eigenvalue weighted by atomic mass is 32.2. The van der Waals surface area contributed by atoms with Crippen LogP contribution in [0, 0.1) is 0 Å². The van der Waals surface area contributed by atoms with Crippen LogP contribution in [-0.4, -0.2) is 49.1 Å². The molecule has 0 spiro atoms. The van der Waals surface area contributed by atoms with Crippen molar-refractivity contribution in [2.45, 2.75) is 32.1 Å². The first-order valence-corrected chi connectivity index (χ1v) is 8.75. The molecule has 0 bridgehead atoms. The molecule has 0 atom stereocenters. The van der Waals surface area contributed by atoms with Gasteiger partial charge in [0.25, 0.3) is 0 Å². The number of hydrogen-bond donors (Lipinski definition) is 0. The second-order valence-corrected chi connectivity index (χ2v) is 8.10. The predicted molar refractivity (Wildman–Crippen MR) is 82.0 cm³/mol. The summed E-state index contributed by atoms with van der Waals surface area (Å²) in [6.07, 6.45) is 0.902. The molecule has 5 heteroatoms. The Labute approximate surface area is 122 Å². The van der Waals surface area contributed by atoms with Crippen LogP contribution in [0.3, 0.4) is 0 Å². The van der Waals surface area contributed by atoms with Gasteiger partial charge in [0, 0.05) is 26.2 Å². The number of hydrogen-bond acceptors (Lipinski definition) is 3. The minimum Gasteiger partial charge on any atom is -0.298 e. The smallest absolute Gasteiger partial charge is 0.216 e. The van der Waals surface area contributed by atoms with Crippen LogP contribution < -0.4 is 0 Å². The Hall–Kier alpha value is -0.910. The summed E-state index contributed by atoms with van der Waals surface area (Å²) in [5, 5.41) is -0.330. The molecule has 0 amide bonds. The van der Waals surface area contributed by atoms with Gasteiger partial charge >= 0.3 is 0 Å². The van der Waals surface area contributed by atoms with Crippen LogP contribution >= 0.6 is 0 Å². The molecule has 1 saturated heterocycles. The average molecular weight is 296 g/mol. The second-order valence-electron chi connectivity index (χ2n) is 5.61. The van der Waals surface area contributed by atoms with Crippen LogP contribution in [0.4, 0.5) is 0 Å². The van der Waals surface area contributed by atoms with Gasteiger partial charge in [0.2, 0.25) is 10.0 Å². The van der Waals surface area contributed by atoms with E-state index in [1.807, 2.05) is 18.2 Å². The van der Waals surface area contributed by atoms with Gasteiger partial charge in [-0.1, -0.05) is 30.3 Å². The highest BCUT2D eigenvalue weighted by molar-refractivity contribution is 7.89. The molecule has 1 fully saturated rings. The Bertz CT molecular complexity index is 514. The fourth-order valence-corrected chi connectivity index (χ4v) is 3.82. The Balaban J connectivity index is 1.96. The van der Waals surface area contributed by atoms with Crippen molar-refractivity contribution in [3.8, 4) is 0 Å². The summed E-state index contributed by atoms with van der Waals surface area (Å²) in [6.45, 7) is 7.42. The molecule has 0 radical (unpaired) electrons. The summed E-state index contributed by atoms with van der Waals surface area (Å²) >= 11 is 0. The fourth-order valence-electron chi connectivity index (χ4n) is 2.50. The Morgan fingerprint density at radius 1 is 1.05 bits per heavy atom. The predicted octanol–water partition coefficient (Wildman–Crippen LogP) is 1.93. The number of sulfonamides is 1. The van der Waals surface area contributed by atoms with E-state index in [0.717, 1.165) is 26.1 Å². The van der Waals surface area contributed by atoms with Crippen LogP contribution in [0.2, 0.25) is 0 Å². The van der Waals surface area contributed by atoms with E-state index >= 15 is 0 Å². The molecular formula is C15H24N2O2S. The average Bonchev–Trinajstić information content (AvgIpc) is 2.66. The summed E-state index contributed by atoms with van der Waals surface area (Å²) in [5.41, 5.74) is 1.28. The number of benzene rings is 1. The standard InChI is InChI=1S/C15H24N2O2S/c1-14(2)20(18,19)17-10-6-9-16(11-12-17)13-15-7-4-3-5-8-15/h3-5,7-8,14H,6,9-13H2,1-2H3. The molecule has 112 valence electrons. The lowest BCUT2D eigenvalue weighted by atomic mass is 10.2. The van der Waals surface area contributed by atoms with Gasteiger partial charge in [-0.05, 0) is 32.4 Å². The van der Waals surface area contributed by atoms with E-state index in [4.69, 9.17) is 0 Å². The molecule has 4 nitrogen and oxygen atoms in total. The highest BCUT2D eigenvalue weighted by Crippen LogP contribution is 2.14. The van der Waals surface area contributed by atoms with Gasteiger partial charge in [-0.25, -0.2) is 12.7 Å². The minimum absolute atomic E-state index is 0.330. The lowest BCUT2D eigenvalue weighted by molar-refractivity contribution is 0.278. The van der Waals surface area contributed by atoms with Gasteiger partial charge in [-0.15, -0.1) is 0 Å². The summed E-state index contributed by atoms with van der Waals surface area (Å²) < 4.78 is 26.1. The van der Waals surface area contributed by atoms with Crippen molar-refractivity contribution in [3.63, 3.8) is 0 Å². The maximum Gasteiger partial charge on any atom is 0.216 e. The van der Waals surface area contributed by atoms with Crippen LogP contribution in [0.15, 0.2) is 30.3 Å².